The molecule has 19 heavy (non-hydrogen) atoms. The molecule has 104 valence electrons. The Kier molecular flexibility index (Phi) is 5.34. The van der Waals surface area contributed by atoms with E-state index in [1.54, 1.807) is 18.5 Å². The van der Waals surface area contributed by atoms with E-state index in [9.17, 15) is 4.79 Å². The van der Waals surface area contributed by atoms with E-state index in [1.165, 1.54) is 12.8 Å². The van der Waals surface area contributed by atoms with Crippen molar-refractivity contribution < 1.29 is 4.79 Å². The Labute approximate surface area is 122 Å². The number of amides is 1. The molecule has 5 heteroatoms. The Morgan fingerprint density at radius 1 is 1.68 bits per heavy atom. The molecule has 0 bridgehead atoms. The highest BCUT2D eigenvalue weighted by molar-refractivity contribution is 9.10. The van der Waals surface area contributed by atoms with E-state index in [4.69, 9.17) is 0 Å². The molecule has 4 nitrogen and oxygen atoms in total. The van der Waals surface area contributed by atoms with Crippen LogP contribution in [0.1, 0.15) is 26.2 Å². The van der Waals surface area contributed by atoms with Gasteiger partial charge in [0.15, 0.2) is 0 Å². The van der Waals surface area contributed by atoms with Crippen molar-refractivity contribution in [1.82, 2.24) is 10.3 Å². The Morgan fingerprint density at radius 3 is 3.21 bits per heavy atom. The number of carbonyl (C=O) groups is 1. The molecular formula is C14H20BrN3O. The van der Waals surface area contributed by atoms with E-state index in [2.05, 4.69) is 38.5 Å². The van der Waals surface area contributed by atoms with E-state index in [0.717, 1.165) is 23.2 Å². The fourth-order valence-electron chi connectivity index (χ4n) is 2.50. The van der Waals surface area contributed by atoms with Crippen LogP contribution in [-0.4, -0.2) is 24.0 Å². The van der Waals surface area contributed by atoms with E-state index in [0.29, 0.717) is 18.3 Å². The molecule has 0 radical (unpaired) electrons. The Balaban J connectivity index is 1.85. The maximum atomic E-state index is 12.0. The van der Waals surface area contributed by atoms with Crippen LogP contribution in [0.3, 0.4) is 0 Å². The number of carbonyl (C=O) groups excluding carboxylic acids is 1. The Morgan fingerprint density at radius 2 is 2.53 bits per heavy atom. The van der Waals surface area contributed by atoms with E-state index in [-0.39, 0.29) is 5.91 Å². The first kappa shape index (κ1) is 14.5. The lowest BCUT2D eigenvalue weighted by Gasteiger charge is -2.28. The van der Waals surface area contributed by atoms with E-state index in [1.807, 2.05) is 0 Å². The van der Waals surface area contributed by atoms with Crippen molar-refractivity contribution in [1.29, 1.82) is 0 Å². The van der Waals surface area contributed by atoms with Crippen molar-refractivity contribution in [2.75, 3.05) is 18.4 Å². The van der Waals surface area contributed by atoms with Gasteiger partial charge < -0.3 is 10.6 Å². The molecule has 1 fully saturated rings. The second kappa shape index (κ2) is 7.01. The molecule has 1 saturated heterocycles. The molecule has 0 saturated carbocycles. The molecule has 1 amide bonds. The quantitative estimate of drug-likeness (QED) is 0.895. The van der Waals surface area contributed by atoms with Gasteiger partial charge in [0.25, 0.3) is 0 Å². The van der Waals surface area contributed by atoms with Crippen LogP contribution in [0, 0.1) is 11.8 Å². The average molecular weight is 326 g/mol. The second-order valence-electron chi connectivity index (χ2n) is 5.19. The first-order valence-corrected chi connectivity index (χ1v) is 7.56. The molecule has 1 aliphatic heterocycles. The molecule has 0 spiro atoms. The number of hydrogen-bond acceptors (Lipinski definition) is 3. The molecule has 0 aromatic carbocycles. The Hall–Kier alpha value is -0.940. The number of anilines is 1. The molecular weight excluding hydrogens is 306 g/mol. The summed E-state index contributed by atoms with van der Waals surface area (Å²) in [5, 5.41) is 6.33. The predicted octanol–water partition coefficient (Wildman–Crippen LogP) is 2.81. The summed E-state index contributed by atoms with van der Waals surface area (Å²) in [5.74, 6) is 1.10. The van der Waals surface area contributed by atoms with Crippen LogP contribution in [0.25, 0.3) is 0 Å². The number of nitrogens with zero attached hydrogens (tertiary/aromatic N) is 1. The first-order valence-electron chi connectivity index (χ1n) is 6.77. The first-order chi connectivity index (χ1) is 9.16. The minimum Gasteiger partial charge on any atom is -0.325 e. The van der Waals surface area contributed by atoms with Crippen LogP contribution in [0.4, 0.5) is 5.69 Å². The van der Waals surface area contributed by atoms with Gasteiger partial charge in [-0.2, -0.15) is 0 Å². The number of nitrogens with one attached hydrogen (secondary N) is 2. The summed E-state index contributed by atoms with van der Waals surface area (Å²) < 4.78 is 0.815. The zero-order valence-electron chi connectivity index (χ0n) is 11.2. The number of piperidine rings is 1. The third kappa shape index (κ3) is 4.28. The lowest BCUT2D eigenvalue weighted by atomic mass is 9.85. The van der Waals surface area contributed by atoms with Gasteiger partial charge >= 0.3 is 0 Å². The van der Waals surface area contributed by atoms with Crippen molar-refractivity contribution in [2.24, 2.45) is 11.8 Å². The van der Waals surface area contributed by atoms with Gasteiger partial charge in [-0.3, -0.25) is 9.78 Å². The third-order valence-corrected chi connectivity index (χ3v) is 4.33. The minimum atomic E-state index is 0.0740. The number of halogens is 1. The van der Waals surface area contributed by atoms with Crippen molar-refractivity contribution in [3.8, 4) is 0 Å². The zero-order valence-corrected chi connectivity index (χ0v) is 12.7. The Bertz CT molecular complexity index is 432. The number of rotatable bonds is 4. The van der Waals surface area contributed by atoms with Crippen LogP contribution in [0.15, 0.2) is 22.9 Å². The second-order valence-corrected chi connectivity index (χ2v) is 6.05. The van der Waals surface area contributed by atoms with Gasteiger partial charge in [-0.1, -0.05) is 6.92 Å². The molecule has 2 rings (SSSR count). The standard InChI is InChI=1S/C14H20BrN3O/c1-10(11-3-2-5-16-8-11)7-14(19)18-13-4-6-17-9-12(13)15/h4,6,9-11,16H,2-3,5,7-8H2,1H3,(H,17,18,19). The van der Waals surface area contributed by atoms with Crippen molar-refractivity contribution >= 4 is 27.5 Å². The van der Waals surface area contributed by atoms with Crippen LogP contribution >= 0.6 is 15.9 Å². The maximum Gasteiger partial charge on any atom is 0.224 e. The number of hydrogen-bond donors (Lipinski definition) is 2. The van der Waals surface area contributed by atoms with Gasteiger partial charge in [0.1, 0.15) is 0 Å². The molecule has 1 aliphatic rings. The zero-order chi connectivity index (χ0) is 13.7. The van der Waals surface area contributed by atoms with E-state index >= 15 is 0 Å². The summed E-state index contributed by atoms with van der Waals surface area (Å²) in [6, 6.07) is 1.80. The summed E-state index contributed by atoms with van der Waals surface area (Å²) in [5.41, 5.74) is 0.786. The molecule has 2 N–H and O–H groups in total. The van der Waals surface area contributed by atoms with Crippen LogP contribution in [-0.2, 0) is 4.79 Å². The molecule has 0 aliphatic carbocycles. The third-order valence-electron chi connectivity index (χ3n) is 3.69. The number of pyridine rings is 1. The molecule has 1 aromatic heterocycles. The minimum absolute atomic E-state index is 0.0740. The van der Waals surface area contributed by atoms with Crippen molar-refractivity contribution in [3.63, 3.8) is 0 Å². The molecule has 2 unspecified atom stereocenters. The summed E-state index contributed by atoms with van der Waals surface area (Å²) in [7, 11) is 0. The summed E-state index contributed by atoms with van der Waals surface area (Å²) in [6.45, 7) is 4.31. The lowest BCUT2D eigenvalue weighted by Crippen LogP contribution is -2.34. The molecule has 1 aromatic rings. The van der Waals surface area contributed by atoms with Gasteiger partial charge in [0.05, 0.1) is 10.2 Å². The fourth-order valence-corrected chi connectivity index (χ4v) is 2.85. The van der Waals surface area contributed by atoms with Gasteiger partial charge in [-0.15, -0.1) is 0 Å². The highest BCUT2D eigenvalue weighted by Crippen LogP contribution is 2.24. The largest absolute Gasteiger partial charge is 0.325 e. The van der Waals surface area contributed by atoms with Crippen LogP contribution < -0.4 is 10.6 Å². The van der Waals surface area contributed by atoms with Crippen LogP contribution in [0.2, 0.25) is 0 Å². The summed E-state index contributed by atoms with van der Waals surface area (Å²) in [6.07, 6.45) is 6.37. The van der Waals surface area contributed by atoms with Gasteiger partial charge in [-0.25, -0.2) is 0 Å². The van der Waals surface area contributed by atoms with Crippen LogP contribution in [0.5, 0.6) is 0 Å². The smallest absolute Gasteiger partial charge is 0.224 e. The highest BCUT2D eigenvalue weighted by atomic mass is 79.9. The predicted molar refractivity (Wildman–Crippen MR) is 79.9 cm³/mol. The van der Waals surface area contributed by atoms with Gasteiger partial charge in [-0.05, 0) is 59.8 Å². The summed E-state index contributed by atoms with van der Waals surface area (Å²) in [4.78, 5) is 16.0. The fraction of sp³-hybridized carbons (Fsp3) is 0.571. The molecule has 2 heterocycles. The molecule has 2 atom stereocenters. The average Bonchev–Trinajstić information content (AvgIpc) is 2.42. The SMILES string of the molecule is CC(CC(=O)Nc1ccncc1Br)C1CCCNC1. The summed E-state index contributed by atoms with van der Waals surface area (Å²) >= 11 is 3.38. The number of aromatic nitrogens is 1. The van der Waals surface area contributed by atoms with Gasteiger partial charge in [0, 0.05) is 18.8 Å². The van der Waals surface area contributed by atoms with Crippen molar-refractivity contribution in [2.45, 2.75) is 26.2 Å². The van der Waals surface area contributed by atoms with Gasteiger partial charge in [0.2, 0.25) is 5.91 Å². The normalized spacial score (nSPS) is 20.8. The monoisotopic (exact) mass is 325 g/mol. The van der Waals surface area contributed by atoms with Crippen molar-refractivity contribution in [3.05, 3.63) is 22.9 Å². The van der Waals surface area contributed by atoms with E-state index < -0.39 is 0 Å². The topological polar surface area (TPSA) is 54.0 Å². The highest BCUT2D eigenvalue weighted by Gasteiger charge is 2.22. The maximum absolute atomic E-state index is 12.0. The lowest BCUT2D eigenvalue weighted by molar-refractivity contribution is -0.117.